The maximum atomic E-state index is 5.75. The Labute approximate surface area is 77.7 Å². The lowest BCUT2D eigenvalue weighted by atomic mass is 10.2. The molecule has 2 N–H and O–H groups in total. The zero-order chi connectivity index (χ0) is 8.97. The van der Waals surface area contributed by atoms with Gasteiger partial charge in [0.1, 0.15) is 0 Å². The number of nitrogen functional groups attached to an aromatic ring is 1. The summed E-state index contributed by atoms with van der Waals surface area (Å²) in [4.78, 5) is 1.25. The second-order valence-electron chi connectivity index (χ2n) is 2.57. The number of rotatable bonds is 3. The van der Waals surface area contributed by atoms with Crippen LogP contribution in [-0.4, -0.2) is 5.75 Å². The molecule has 0 aromatic heterocycles. The molecule has 0 bridgehead atoms. The largest absolute Gasteiger partial charge is 0.398 e. The van der Waals surface area contributed by atoms with E-state index in [2.05, 4.69) is 12.6 Å². The van der Waals surface area contributed by atoms with Crippen LogP contribution in [0.25, 0.3) is 0 Å². The number of benzene rings is 1. The summed E-state index contributed by atoms with van der Waals surface area (Å²) in [6.07, 6.45) is 1.90. The van der Waals surface area contributed by atoms with Gasteiger partial charge >= 0.3 is 0 Å². The van der Waals surface area contributed by atoms with Crippen molar-refractivity contribution in [1.29, 1.82) is 0 Å². The van der Waals surface area contributed by atoms with Gasteiger partial charge in [0.15, 0.2) is 0 Å². The lowest BCUT2D eigenvalue weighted by Gasteiger charge is -2.05. The van der Waals surface area contributed by atoms with Crippen molar-refractivity contribution in [2.45, 2.75) is 11.8 Å². The van der Waals surface area contributed by atoms with E-state index in [9.17, 15) is 0 Å². The summed E-state index contributed by atoms with van der Waals surface area (Å²) in [5, 5.41) is 0. The molecule has 12 heavy (non-hydrogen) atoms. The van der Waals surface area contributed by atoms with Crippen LogP contribution in [0.1, 0.15) is 5.56 Å². The third-order valence-electron chi connectivity index (χ3n) is 1.68. The van der Waals surface area contributed by atoms with Gasteiger partial charge in [-0.1, -0.05) is 12.1 Å². The maximum Gasteiger partial charge on any atom is 0.0354 e. The van der Waals surface area contributed by atoms with Crippen LogP contribution in [0.4, 0.5) is 5.69 Å². The summed E-state index contributed by atoms with van der Waals surface area (Å²) in [5.74, 6) is 0.935. The van der Waals surface area contributed by atoms with E-state index < -0.39 is 0 Å². The van der Waals surface area contributed by atoms with Crippen LogP contribution in [0.5, 0.6) is 0 Å². The zero-order valence-corrected chi connectivity index (χ0v) is 8.03. The van der Waals surface area contributed by atoms with Gasteiger partial charge in [0, 0.05) is 16.3 Å². The Morgan fingerprint density at radius 3 is 3.00 bits per heavy atom. The van der Waals surface area contributed by atoms with Gasteiger partial charge in [-0.15, -0.1) is 18.3 Å². The molecular weight excluding hydrogens is 166 g/mol. The van der Waals surface area contributed by atoms with Crippen molar-refractivity contribution in [1.82, 2.24) is 0 Å². The van der Waals surface area contributed by atoms with Crippen LogP contribution >= 0.6 is 11.8 Å². The molecule has 0 heterocycles. The first-order valence-corrected chi connectivity index (χ1v) is 4.83. The van der Waals surface area contributed by atoms with Gasteiger partial charge in [-0.05, 0) is 24.6 Å². The number of hydrogen-bond acceptors (Lipinski definition) is 2. The van der Waals surface area contributed by atoms with Crippen molar-refractivity contribution >= 4 is 17.4 Å². The van der Waals surface area contributed by atoms with Gasteiger partial charge in [0.05, 0.1) is 0 Å². The molecule has 0 aliphatic heterocycles. The van der Waals surface area contributed by atoms with Gasteiger partial charge in [0.2, 0.25) is 0 Å². The topological polar surface area (TPSA) is 26.0 Å². The quantitative estimate of drug-likeness (QED) is 0.438. The van der Waals surface area contributed by atoms with Gasteiger partial charge in [-0.25, -0.2) is 0 Å². The van der Waals surface area contributed by atoms with Crippen LogP contribution in [0, 0.1) is 6.92 Å². The van der Waals surface area contributed by atoms with Crippen LogP contribution in [0.2, 0.25) is 0 Å². The Morgan fingerprint density at radius 2 is 2.33 bits per heavy atom. The smallest absolute Gasteiger partial charge is 0.0354 e. The summed E-state index contributed by atoms with van der Waals surface area (Å²) in [5.41, 5.74) is 7.79. The van der Waals surface area contributed by atoms with Crippen LogP contribution in [0.15, 0.2) is 35.7 Å². The average molecular weight is 179 g/mol. The molecular formula is C10H13NS. The molecule has 1 rings (SSSR count). The van der Waals surface area contributed by atoms with Crippen molar-refractivity contribution < 1.29 is 0 Å². The summed E-state index contributed by atoms with van der Waals surface area (Å²) >= 11 is 1.76. The van der Waals surface area contributed by atoms with Gasteiger partial charge in [-0.2, -0.15) is 0 Å². The van der Waals surface area contributed by atoms with E-state index >= 15 is 0 Å². The number of hydrogen-bond donors (Lipinski definition) is 1. The summed E-state index contributed by atoms with van der Waals surface area (Å²) in [6.45, 7) is 5.72. The van der Waals surface area contributed by atoms with Crippen molar-refractivity contribution in [3.8, 4) is 0 Å². The number of anilines is 1. The van der Waals surface area contributed by atoms with Crippen LogP contribution in [0.3, 0.4) is 0 Å². The fourth-order valence-corrected chi connectivity index (χ4v) is 1.74. The first-order valence-electron chi connectivity index (χ1n) is 3.84. The molecule has 0 amide bonds. The van der Waals surface area contributed by atoms with Crippen molar-refractivity contribution in [3.05, 3.63) is 36.4 Å². The van der Waals surface area contributed by atoms with E-state index in [-0.39, 0.29) is 0 Å². The van der Waals surface area contributed by atoms with Crippen molar-refractivity contribution in [2.75, 3.05) is 11.5 Å². The molecule has 2 heteroatoms. The van der Waals surface area contributed by atoms with E-state index in [1.54, 1.807) is 11.8 Å². The molecule has 0 spiro atoms. The van der Waals surface area contributed by atoms with Gasteiger partial charge in [-0.3, -0.25) is 0 Å². The van der Waals surface area contributed by atoms with E-state index in [0.29, 0.717) is 0 Å². The maximum absolute atomic E-state index is 5.75. The fraction of sp³-hybridized carbons (Fsp3) is 0.200. The Hall–Kier alpha value is -0.890. The Balaban J connectivity index is 2.84. The highest BCUT2D eigenvalue weighted by molar-refractivity contribution is 7.99. The highest BCUT2D eigenvalue weighted by Gasteiger charge is 1.99. The molecule has 1 nitrogen and oxygen atoms in total. The van der Waals surface area contributed by atoms with E-state index in [4.69, 9.17) is 5.73 Å². The molecule has 0 radical (unpaired) electrons. The third-order valence-corrected chi connectivity index (χ3v) is 2.84. The normalized spacial score (nSPS) is 9.75. The van der Waals surface area contributed by atoms with Gasteiger partial charge in [0.25, 0.3) is 0 Å². The molecule has 64 valence electrons. The first kappa shape index (κ1) is 9.20. The molecule has 1 aromatic rings. The molecule has 1 aromatic carbocycles. The predicted octanol–water partition coefficient (Wildman–Crippen LogP) is 2.86. The second kappa shape index (κ2) is 4.21. The van der Waals surface area contributed by atoms with E-state index in [1.165, 1.54) is 10.5 Å². The summed E-state index contributed by atoms with van der Waals surface area (Å²) < 4.78 is 0. The minimum atomic E-state index is 0.865. The summed E-state index contributed by atoms with van der Waals surface area (Å²) in [7, 11) is 0. The SMILES string of the molecule is C=CCSc1cccc(N)c1C. The molecule has 0 aliphatic rings. The molecule has 0 saturated heterocycles. The fourth-order valence-electron chi connectivity index (χ4n) is 0.937. The molecule has 0 aliphatic carbocycles. The predicted molar refractivity (Wildman–Crippen MR) is 56.5 cm³/mol. The minimum Gasteiger partial charge on any atom is -0.398 e. The van der Waals surface area contributed by atoms with Gasteiger partial charge < -0.3 is 5.73 Å². The lowest BCUT2D eigenvalue weighted by molar-refractivity contribution is 1.31. The van der Waals surface area contributed by atoms with Crippen LogP contribution in [-0.2, 0) is 0 Å². The molecule has 0 atom stereocenters. The highest BCUT2D eigenvalue weighted by atomic mass is 32.2. The molecule has 0 unspecified atom stereocenters. The standard InChI is InChI=1S/C10H13NS/c1-3-7-12-10-6-4-5-9(11)8(10)2/h3-6H,1,7,11H2,2H3. The minimum absolute atomic E-state index is 0.865. The highest BCUT2D eigenvalue weighted by Crippen LogP contribution is 2.25. The lowest BCUT2D eigenvalue weighted by Crippen LogP contribution is -1.90. The Bertz CT molecular complexity index is 281. The monoisotopic (exact) mass is 179 g/mol. The van der Waals surface area contributed by atoms with Crippen molar-refractivity contribution in [3.63, 3.8) is 0 Å². The summed E-state index contributed by atoms with van der Waals surface area (Å²) in [6, 6.07) is 5.99. The Morgan fingerprint density at radius 1 is 1.58 bits per heavy atom. The van der Waals surface area contributed by atoms with Crippen LogP contribution < -0.4 is 5.73 Å². The average Bonchev–Trinajstić information content (AvgIpc) is 2.08. The second-order valence-corrected chi connectivity index (χ2v) is 3.63. The zero-order valence-electron chi connectivity index (χ0n) is 7.21. The third kappa shape index (κ3) is 2.05. The van der Waals surface area contributed by atoms with Crippen molar-refractivity contribution in [2.24, 2.45) is 0 Å². The Kier molecular flexibility index (Phi) is 3.23. The molecule has 0 fully saturated rings. The number of nitrogens with two attached hydrogens (primary N) is 1. The van der Waals surface area contributed by atoms with E-state index in [1.807, 2.05) is 25.1 Å². The molecule has 0 saturated carbocycles. The first-order chi connectivity index (χ1) is 5.75. The number of thioether (sulfide) groups is 1. The van der Waals surface area contributed by atoms with E-state index in [0.717, 1.165) is 11.4 Å².